The number of esters is 3. The van der Waals surface area contributed by atoms with Gasteiger partial charge in [-0.3, -0.25) is 23.4 Å². The van der Waals surface area contributed by atoms with Crippen LogP contribution in [0.4, 0.5) is 0 Å². The Morgan fingerprint density at radius 2 is 0.722 bits per heavy atom. The minimum absolute atomic E-state index is 0.0324. The Bertz CT molecular complexity index is 2060. The highest BCUT2D eigenvalue weighted by Crippen LogP contribution is 2.49. The Balaban J connectivity index is 1.72. The van der Waals surface area contributed by atoms with E-state index in [4.69, 9.17) is 42.2 Å². The van der Waals surface area contributed by atoms with E-state index in [2.05, 4.69) is 32.9 Å². The van der Waals surface area contributed by atoms with Gasteiger partial charge in [-0.2, -0.15) is 0 Å². The van der Waals surface area contributed by atoms with E-state index >= 15 is 0 Å². The number of phosphoric acid groups is 1. The van der Waals surface area contributed by atoms with Gasteiger partial charge in [0.05, 0.1) is 13.2 Å². The minimum Gasteiger partial charge on any atom is -0.463 e. The average Bonchev–Trinajstić information content (AvgIpc) is 0.768. The van der Waals surface area contributed by atoms with Gasteiger partial charge in [-0.15, -0.1) is 0 Å². The Morgan fingerprint density at radius 1 is 0.392 bits per heavy atom. The van der Waals surface area contributed by atoms with Crippen molar-refractivity contribution in [1.29, 1.82) is 0 Å². The lowest BCUT2D eigenvalue weighted by Gasteiger charge is -2.49. The summed E-state index contributed by atoms with van der Waals surface area (Å²) >= 11 is 0. The van der Waals surface area contributed by atoms with E-state index in [9.17, 15) is 74.9 Å². The van der Waals surface area contributed by atoms with Crippen molar-refractivity contribution in [2.75, 3.05) is 26.4 Å². The molecule has 11 N–H and O–H groups in total. The van der Waals surface area contributed by atoms with Gasteiger partial charge >= 0.3 is 25.7 Å². The number of ether oxygens (including phenoxy) is 7. The van der Waals surface area contributed by atoms with Crippen LogP contribution in [0.2, 0.25) is 0 Å². The molecule has 3 fully saturated rings. The number of allylic oxidation sites excluding steroid dienone is 2. The lowest BCUT2D eigenvalue weighted by molar-refractivity contribution is -0.360. The molecule has 25 heteroatoms. The van der Waals surface area contributed by atoms with Gasteiger partial charge in [0.1, 0.15) is 98.7 Å². The standard InChI is InChI=1S/C72H133O24P/c1-4-7-10-13-16-19-22-24-26-27-28-30-32-35-38-41-44-47-57(75)89-52-55-60(78)62(80)67(85)72(93-55)95-69-65(83)63(81)64(82)68(94-71-66(84)61(79)59(77)54(49-73)92-71)70(69)96-97(86,87)90-51-53(50-88-56(74)46-43-40-37-34-31-21-18-15-12-9-6-3)91-58(76)48-45-42-39-36-33-29-25-23-20-17-14-11-8-5-2/h29,33,53-55,59-73,77-85H,4-28,30-32,34-52H2,1-3H3,(H,86,87)/b33-29-. The Labute approximate surface area is 580 Å². The van der Waals surface area contributed by atoms with Crippen molar-refractivity contribution in [1.82, 2.24) is 0 Å². The van der Waals surface area contributed by atoms with E-state index in [1.165, 1.54) is 141 Å². The van der Waals surface area contributed by atoms with Crippen molar-refractivity contribution in [3.63, 3.8) is 0 Å². The van der Waals surface area contributed by atoms with Gasteiger partial charge in [-0.05, 0) is 44.9 Å². The van der Waals surface area contributed by atoms with Crippen LogP contribution in [0.3, 0.4) is 0 Å². The third-order valence-electron chi connectivity index (χ3n) is 18.8. The van der Waals surface area contributed by atoms with Crippen LogP contribution >= 0.6 is 7.82 Å². The largest absolute Gasteiger partial charge is 0.472 e. The summed E-state index contributed by atoms with van der Waals surface area (Å²) in [7, 11) is -5.69. The van der Waals surface area contributed by atoms with Crippen LogP contribution in [0.1, 0.15) is 297 Å². The SMILES string of the molecule is CCCCCCCCC/C=C\CCCCCC(=O)OC(COC(=O)CCCCCCCCCCCCC)COP(=O)(O)OC1C(OC2OC(CO)C(O)C(O)C2O)C(O)C(O)C(O)C1OC1OC(COC(=O)CCCCCCCCCCCCCCCCCCC)C(O)C(O)C1O. The average molecular weight is 1410 g/mol. The van der Waals surface area contributed by atoms with Crippen molar-refractivity contribution >= 4 is 25.7 Å². The van der Waals surface area contributed by atoms with Crippen LogP contribution < -0.4 is 0 Å². The van der Waals surface area contributed by atoms with Gasteiger partial charge in [-0.1, -0.05) is 245 Å². The van der Waals surface area contributed by atoms with Crippen molar-refractivity contribution in [3.05, 3.63) is 12.2 Å². The summed E-state index contributed by atoms with van der Waals surface area (Å²) in [6.45, 7) is 3.43. The normalized spacial score (nSPS) is 27.8. The Hall–Kier alpha value is -2.30. The highest BCUT2D eigenvalue weighted by atomic mass is 31.2. The number of aliphatic hydroxyl groups excluding tert-OH is 10. The maximum absolute atomic E-state index is 14.3. The smallest absolute Gasteiger partial charge is 0.463 e. The number of carbonyl (C=O) groups excluding carboxylic acids is 3. The van der Waals surface area contributed by atoms with Gasteiger partial charge in [0.25, 0.3) is 0 Å². The fraction of sp³-hybridized carbons (Fsp3) is 0.931. The van der Waals surface area contributed by atoms with E-state index in [1.807, 2.05) is 0 Å². The van der Waals surface area contributed by atoms with Crippen LogP contribution in [0.25, 0.3) is 0 Å². The summed E-state index contributed by atoms with van der Waals surface area (Å²) in [5.41, 5.74) is 0. The monoisotopic (exact) mass is 1410 g/mol. The molecule has 2 heterocycles. The summed E-state index contributed by atoms with van der Waals surface area (Å²) in [4.78, 5) is 50.9. The molecule has 0 aromatic rings. The predicted octanol–water partition coefficient (Wildman–Crippen LogP) is 10.4. The number of hydrogen-bond donors (Lipinski definition) is 11. The van der Waals surface area contributed by atoms with Crippen molar-refractivity contribution in [2.24, 2.45) is 0 Å². The van der Waals surface area contributed by atoms with Gasteiger partial charge in [0.15, 0.2) is 18.7 Å². The maximum Gasteiger partial charge on any atom is 0.472 e. The molecular weight excluding hydrogens is 1280 g/mol. The Morgan fingerprint density at radius 3 is 1.12 bits per heavy atom. The van der Waals surface area contributed by atoms with Gasteiger partial charge < -0.3 is 89.1 Å². The van der Waals surface area contributed by atoms with Crippen LogP contribution in [0.5, 0.6) is 0 Å². The summed E-state index contributed by atoms with van der Waals surface area (Å²) in [5.74, 6) is -2.00. The highest BCUT2D eigenvalue weighted by molar-refractivity contribution is 7.47. The molecule has 3 rings (SSSR count). The summed E-state index contributed by atoms with van der Waals surface area (Å²) < 4.78 is 65.0. The lowest BCUT2D eigenvalue weighted by atomic mass is 9.84. The van der Waals surface area contributed by atoms with Gasteiger partial charge in [0.2, 0.25) is 0 Å². The fourth-order valence-corrected chi connectivity index (χ4v) is 13.5. The maximum atomic E-state index is 14.3. The number of hydrogen-bond acceptors (Lipinski definition) is 23. The second kappa shape index (κ2) is 54.4. The van der Waals surface area contributed by atoms with Crippen LogP contribution in [0, 0.1) is 0 Å². The molecule has 0 aromatic carbocycles. The molecule has 0 aromatic heterocycles. The summed E-state index contributed by atoms with van der Waals surface area (Å²) in [6, 6.07) is 0. The molecule has 2 saturated heterocycles. The fourth-order valence-electron chi connectivity index (χ4n) is 12.6. The number of phosphoric ester groups is 1. The van der Waals surface area contributed by atoms with E-state index in [0.717, 1.165) is 89.9 Å². The molecule has 18 atom stereocenters. The molecule has 1 saturated carbocycles. The topological polar surface area (TPSA) is 374 Å². The lowest BCUT2D eigenvalue weighted by Crippen LogP contribution is -2.69. The molecule has 97 heavy (non-hydrogen) atoms. The number of rotatable bonds is 59. The minimum atomic E-state index is -5.69. The first-order chi connectivity index (χ1) is 46.8. The number of unbranched alkanes of at least 4 members (excludes halogenated alkanes) is 36. The third-order valence-corrected chi connectivity index (χ3v) is 19.8. The molecule has 0 radical (unpaired) electrons. The van der Waals surface area contributed by atoms with Gasteiger partial charge in [-0.25, -0.2) is 4.57 Å². The van der Waals surface area contributed by atoms with E-state index in [-0.39, 0.29) is 19.3 Å². The van der Waals surface area contributed by atoms with Gasteiger partial charge in [0, 0.05) is 19.3 Å². The summed E-state index contributed by atoms with van der Waals surface area (Å²) in [6.07, 6.45) is 12.9. The zero-order valence-electron chi connectivity index (χ0n) is 59.4. The molecular formula is C72H133O24P. The first kappa shape index (κ1) is 88.9. The zero-order valence-corrected chi connectivity index (χ0v) is 60.3. The second-order valence-corrected chi connectivity index (χ2v) is 28.8. The van der Waals surface area contributed by atoms with Crippen LogP contribution in [0.15, 0.2) is 12.2 Å². The van der Waals surface area contributed by atoms with E-state index in [0.29, 0.717) is 25.7 Å². The third kappa shape index (κ3) is 37.6. The van der Waals surface area contributed by atoms with Crippen LogP contribution in [-0.4, -0.2) is 204 Å². The van der Waals surface area contributed by atoms with Crippen LogP contribution in [-0.2, 0) is 61.2 Å². The van der Waals surface area contributed by atoms with E-state index < -0.39 is 156 Å². The molecule has 0 spiro atoms. The second-order valence-electron chi connectivity index (χ2n) is 27.4. The van der Waals surface area contributed by atoms with E-state index in [1.54, 1.807) is 0 Å². The predicted molar refractivity (Wildman–Crippen MR) is 365 cm³/mol. The molecule has 3 aliphatic rings. The molecule has 0 bridgehead atoms. The molecule has 1 aliphatic carbocycles. The molecule has 0 amide bonds. The molecule has 18 unspecified atom stereocenters. The van der Waals surface area contributed by atoms with Crippen molar-refractivity contribution < 1.29 is 117 Å². The first-order valence-corrected chi connectivity index (χ1v) is 39.5. The Kier molecular flexibility index (Phi) is 49.8. The molecule has 2 aliphatic heterocycles. The molecule has 570 valence electrons. The number of aliphatic hydroxyl groups is 10. The first-order valence-electron chi connectivity index (χ1n) is 38.0. The van der Waals surface area contributed by atoms with Crippen molar-refractivity contribution in [2.45, 2.75) is 401 Å². The molecule has 24 nitrogen and oxygen atoms in total. The number of carbonyl (C=O) groups is 3. The summed E-state index contributed by atoms with van der Waals surface area (Å²) in [5, 5.41) is 110. The quantitative estimate of drug-likeness (QED) is 0.00886. The highest BCUT2D eigenvalue weighted by Gasteiger charge is 2.58. The van der Waals surface area contributed by atoms with Crippen molar-refractivity contribution in [3.8, 4) is 0 Å². The zero-order chi connectivity index (χ0) is 71.1.